The Bertz CT molecular complexity index is 586. The third-order valence-electron chi connectivity index (χ3n) is 2.93. The van der Waals surface area contributed by atoms with Gasteiger partial charge in [0, 0.05) is 16.1 Å². The number of hydrogen-bond acceptors (Lipinski definition) is 2. The summed E-state index contributed by atoms with van der Waals surface area (Å²) in [5, 5.41) is 10.7. The molecular weight excluding hydrogens is 279 g/mol. The number of ether oxygens (including phenoxy) is 1. The maximum atomic E-state index is 13.1. The van der Waals surface area contributed by atoms with Gasteiger partial charge in [-0.3, -0.25) is 0 Å². The first-order chi connectivity index (χ1) is 9.63. The van der Waals surface area contributed by atoms with E-state index in [-0.39, 0.29) is 5.02 Å². The zero-order valence-electron chi connectivity index (χ0n) is 11.1. The molecule has 2 aromatic rings. The van der Waals surface area contributed by atoms with Crippen molar-refractivity contribution in [2.75, 3.05) is 6.61 Å². The third kappa shape index (κ3) is 3.30. The normalized spacial score (nSPS) is 12.2. The number of halogens is 2. The Labute approximate surface area is 122 Å². The molecule has 0 radical (unpaired) electrons. The molecule has 1 N–H and O–H groups in total. The van der Waals surface area contributed by atoms with Crippen LogP contribution < -0.4 is 4.74 Å². The lowest BCUT2D eigenvalue weighted by Crippen LogP contribution is -2.05. The molecule has 1 atom stereocenters. The Kier molecular flexibility index (Phi) is 4.99. The summed E-state index contributed by atoms with van der Waals surface area (Å²) in [6, 6.07) is 11.2. The summed E-state index contributed by atoms with van der Waals surface area (Å²) in [5.41, 5.74) is 1.08. The summed E-state index contributed by atoms with van der Waals surface area (Å²) in [6.45, 7) is 2.58. The van der Waals surface area contributed by atoms with E-state index >= 15 is 0 Å². The van der Waals surface area contributed by atoms with Gasteiger partial charge < -0.3 is 9.84 Å². The summed E-state index contributed by atoms with van der Waals surface area (Å²) in [4.78, 5) is 0. The van der Waals surface area contributed by atoms with Gasteiger partial charge in [-0.05, 0) is 24.6 Å². The zero-order valence-corrected chi connectivity index (χ0v) is 11.9. The van der Waals surface area contributed by atoms with E-state index in [1.165, 1.54) is 18.2 Å². The molecule has 0 aromatic heterocycles. The van der Waals surface area contributed by atoms with Crippen LogP contribution in [-0.4, -0.2) is 11.7 Å². The molecule has 0 spiro atoms. The van der Waals surface area contributed by atoms with E-state index < -0.39 is 11.9 Å². The smallest absolute Gasteiger partial charge is 0.125 e. The second-order valence-electron chi connectivity index (χ2n) is 4.45. The first kappa shape index (κ1) is 14.8. The average Bonchev–Trinajstić information content (AvgIpc) is 2.45. The molecule has 4 heteroatoms. The van der Waals surface area contributed by atoms with Gasteiger partial charge in [-0.2, -0.15) is 0 Å². The molecule has 0 aliphatic heterocycles. The van der Waals surface area contributed by atoms with Crippen LogP contribution in [0.3, 0.4) is 0 Å². The van der Waals surface area contributed by atoms with E-state index in [2.05, 4.69) is 0 Å². The molecule has 1 unspecified atom stereocenters. The molecule has 0 saturated carbocycles. The lowest BCUT2D eigenvalue weighted by atomic mass is 10.0. The van der Waals surface area contributed by atoms with Gasteiger partial charge >= 0.3 is 0 Å². The summed E-state index contributed by atoms with van der Waals surface area (Å²) >= 11 is 5.99. The monoisotopic (exact) mass is 294 g/mol. The van der Waals surface area contributed by atoms with Crippen molar-refractivity contribution in [3.8, 4) is 5.75 Å². The van der Waals surface area contributed by atoms with Crippen LogP contribution in [-0.2, 0) is 0 Å². The SMILES string of the molecule is CCCOc1ccccc1C(O)c1ccc(F)cc1Cl. The second-order valence-corrected chi connectivity index (χ2v) is 4.86. The van der Waals surface area contributed by atoms with Crippen molar-refractivity contribution in [3.63, 3.8) is 0 Å². The van der Waals surface area contributed by atoms with Gasteiger partial charge in [-0.15, -0.1) is 0 Å². The standard InChI is InChI=1S/C16H16ClFO2/c1-2-9-20-15-6-4-3-5-13(15)16(19)12-8-7-11(18)10-14(12)17/h3-8,10,16,19H,2,9H2,1H3. The number of aliphatic hydroxyl groups excluding tert-OH is 1. The summed E-state index contributed by atoms with van der Waals surface area (Å²) in [7, 11) is 0. The van der Waals surface area contributed by atoms with Crippen LogP contribution in [0, 0.1) is 5.82 Å². The molecule has 20 heavy (non-hydrogen) atoms. The van der Waals surface area contributed by atoms with Crippen LogP contribution in [0.15, 0.2) is 42.5 Å². The highest BCUT2D eigenvalue weighted by Gasteiger charge is 2.18. The van der Waals surface area contributed by atoms with Crippen LogP contribution in [0.25, 0.3) is 0 Å². The summed E-state index contributed by atoms with van der Waals surface area (Å²) in [5.74, 6) is 0.184. The van der Waals surface area contributed by atoms with E-state index in [9.17, 15) is 9.50 Å². The van der Waals surface area contributed by atoms with Crippen LogP contribution in [0.4, 0.5) is 4.39 Å². The lowest BCUT2D eigenvalue weighted by molar-refractivity contribution is 0.210. The average molecular weight is 295 g/mol. The molecule has 0 amide bonds. The first-order valence-corrected chi connectivity index (χ1v) is 6.86. The van der Waals surface area contributed by atoms with E-state index in [1.807, 2.05) is 19.1 Å². The Morgan fingerprint density at radius 3 is 2.65 bits per heavy atom. The number of benzene rings is 2. The second kappa shape index (κ2) is 6.73. The van der Waals surface area contributed by atoms with E-state index in [4.69, 9.17) is 16.3 Å². The topological polar surface area (TPSA) is 29.5 Å². The molecule has 2 nitrogen and oxygen atoms in total. The van der Waals surface area contributed by atoms with Gasteiger partial charge in [-0.1, -0.05) is 42.8 Å². The van der Waals surface area contributed by atoms with Crippen molar-refractivity contribution in [1.29, 1.82) is 0 Å². The van der Waals surface area contributed by atoms with Crippen LogP contribution in [0.5, 0.6) is 5.75 Å². The molecule has 0 fully saturated rings. The van der Waals surface area contributed by atoms with Crippen molar-refractivity contribution >= 4 is 11.6 Å². The van der Waals surface area contributed by atoms with Crippen molar-refractivity contribution in [2.24, 2.45) is 0 Å². The Morgan fingerprint density at radius 2 is 1.95 bits per heavy atom. The van der Waals surface area contributed by atoms with Gasteiger partial charge in [0.25, 0.3) is 0 Å². The van der Waals surface area contributed by atoms with Gasteiger partial charge in [0.2, 0.25) is 0 Å². The van der Waals surface area contributed by atoms with Crippen LogP contribution in [0.1, 0.15) is 30.6 Å². The molecule has 0 saturated heterocycles. The van der Waals surface area contributed by atoms with Crippen molar-refractivity contribution in [3.05, 3.63) is 64.4 Å². The fourth-order valence-electron chi connectivity index (χ4n) is 1.94. The van der Waals surface area contributed by atoms with Gasteiger partial charge in [0.1, 0.15) is 17.7 Å². The maximum Gasteiger partial charge on any atom is 0.125 e. The van der Waals surface area contributed by atoms with Crippen molar-refractivity contribution in [1.82, 2.24) is 0 Å². The highest BCUT2D eigenvalue weighted by molar-refractivity contribution is 6.31. The number of aliphatic hydroxyl groups is 1. The summed E-state index contributed by atoms with van der Waals surface area (Å²) < 4.78 is 18.7. The highest BCUT2D eigenvalue weighted by Crippen LogP contribution is 2.33. The maximum absolute atomic E-state index is 13.1. The van der Waals surface area contributed by atoms with Crippen molar-refractivity contribution < 1.29 is 14.2 Å². The van der Waals surface area contributed by atoms with Gasteiger partial charge in [0.05, 0.1) is 6.61 Å². The van der Waals surface area contributed by atoms with E-state index in [0.29, 0.717) is 23.5 Å². The van der Waals surface area contributed by atoms with Crippen LogP contribution >= 0.6 is 11.6 Å². The fraction of sp³-hybridized carbons (Fsp3) is 0.250. The minimum Gasteiger partial charge on any atom is -0.493 e. The zero-order chi connectivity index (χ0) is 14.5. The first-order valence-electron chi connectivity index (χ1n) is 6.48. The Hall–Kier alpha value is -1.58. The molecule has 2 aromatic carbocycles. The van der Waals surface area contributed by atoms with E-state index in [1.54, 1.807) is 12.1 Å². The minimum absolute atomic E-state index is 0.197. The number of para-hydroxylation sites is 1. The Morgan fingerprint density at radius 1 is 1.20 bits per heavy atom. The minimum atomic E-state index is -0.948. The lowest BCUT2D eigenvalue weighted by Gasteiger charge is -2.17. The largest absolute Gasteiger partial charge is 0.493 e. The quantitative estimate of drug-likeness (QED) is 0.888. The molecule has 2 rings (SSSR count). The molecule has 0 aliphatic rings. The number of hydrogen-bond donors (Lipinski definition) is 1. The van der Waals surface area contributed by atoms with E-state index in [0.717, 1.165) is 6.42 Å². The van der Waals surface area contributed by atoms with Gasteiger partial charge in [-0.25, -0.2) is 4.39 Å². The third-order valence-corrected chi connectivity index (χ3v) is 3.26. The van der Waals surface area contributed by atoms with Crippen LogP contribution in [0.2, 0.25) is 5.02 Å². The molecule has 0 bridgehead atoms. The highest BCUT2D eigenvalue weighted by atomic mass is 35.5. The molecular formula is C16H16ClFO2. The molecule has 106 valence electrons. The summed E-state index contributed by atoms with van der Waals surface area (Å²) in [6.07, 6.45) is -0.0713. The predicted molar refractivity (Wildman–Crippen MR) is 77.7 cm³/mol. The molecule has 0 aliphatic carbocycles. The number of rotatable bonds is 5. The molecule has 0 heterocycles. The van der Waals surface area contributed by atoms with Crippen molar-refractivity contribution in [2.45, 2.75) is 19.4 Å². The Balaban J connectivity index is 2.35. The fourth-order valence-corrected chi connectivity index (χ4v) is 2.21. The predicted octanol–water partition coefficient (Wildman–Crippen LogP) is 4.35. The van der Waals surface area contributed by atoms with Gasteiger partial charge in [0.15, 0.2) is 0 Å².